The second kappa shape index (κ2) is 14.1. The van der Waals surface area contributed by atoms with Gasteiger partial charge in [-0.05, 0) is 44.5 Å². The summed E-state index contributed by atoms with van der Waals surface area (Å²) in [4.78, 5) is 2.53. The van der Waals surface area contributed by atoms with E-state index in [1.54, 1.807) is 0 Å². The van der Waals surface area contributed by atoms with Crippen molar-refractivity contribution >= 4 is 0 Å². The first-order valence-electron chi connectivity index (χ1n) is 8.63. The number of hydrogen-bond acceptors (Lipinski definition) is 1. The van der Waals surface area contributed by atoms with E-state index < -0.39 is 0 Å². The fourth-order valence-corrected chi connectivity index (χ4v) is 2.73. The van der Waals surface area contributed by atoms with Gasteiger partial charge >= 0.3 is 0 Å². The summed E-state index contributed by atoms with van der Waals surface area (Å²) in [6.07, 6.45) is 11.1. The van der Waals surface area contributed by atoms with Crippen LogP contribution < -0.4 is 0 Å². The van der Waals surface area contributed by atoms with E-state index in [4.69, 9.17) is 0 Å². The quantitative estimate of drug-likeness (QED) is 0.523. The Labute approximate surface area is 131 Å². The van der Waals surface area contributed by atoms with Crippen LogP contribution in [0.3, 0.4) is 0 Å². The minimum atomic E-state index is 0. The molecule has 0 aromatic heterocycles. The van der Waals surface area contributed by atoms with Crippen LogP contribution in [0.1, 0.15) is 64.4 Å². The molecule has 0 fully saturated rings. The molecule has 0 saturated heterocycles. The third-order valence-electron chi connectivity index (χ3n) is 4.18. The molecule has 1 aromatic rings. The van der Waals surface area contributed by atoms with Gasteiger partial charge in [0, 0.05) is 0 Å². The van der Waals surface area contributed by atoms with Gasteiger partial charge in [0.25, 0.3) is 0 Å². The van der Waals surface area contributed by atoms with Crippen molar-refractivity contribution in [2.45, 2.75) is 65.2 Å². The zero-order chi connectivity index (χ0) is 14.5. The standard InChI is InChI=1S/C19H33N.H2O/c1-3-20(4-2)18-14-9-7-5-6-8-11-15-19-16-12-10-13-17-19;/h10,12-13,16-17H,3-9,11,14-15,18H2,1-2H3;1H2. The molecule has 0 spiro atoms. The smallest absolute Gasteiger partial charge is 0.00190 e. The van der Waals surface area contributed by atoms with Crippen molar-refractivity contribution in [3.05, 3.63) is 35.9 Å². The van der Waals surface area contributed by atoms with Crippen LogP contribution in [0.2, 0.25) is 0 Å². The molecule has 0 aliphatic rings. The summed E-state index contributed by atoms with van der Waals surface area (Å²) in [5.41, 5.74) is 1.49. The van der Waals surface area contributed by atoms with Gasteiger partial charge in [-0.15, -0.1) is 0 Å². The third kappa shape index (κ3) is 10.5. The number of aryl methyl sites for hydroxylation is 1. The average molecular weight is 293 g/mol. The summed E-state index contributed by atoms with van der Waals surface area (Å²) in [7, 11) is 0. The first-order chi connectivity index (χ1) is 9.86. The van der Waals surface area contributed by atoms with Crippen LogP contribution in [0, 0.1) is 0 Å². The lowest BCUT2D eigenvalue weighted by Crippen LogP contribution is -2.23. The highest BCUT2D eigenvalue weighted by Crippen LogP contribution is 2.10. The molecule has 0 aliphatic carbocycles. The van der Waals surface area contributed by atoms with Crippen molar-refractivity contribution in [2.24, 2.45) is 0 Å². The molecule has 0 heterocycles. The van der Waals surface area contributed by atoms with Crippen LogP contribution in [0.25, 0.3) is 0 Å². The second-order valence-corrected chi connectivity index (χ2v) is 5.74. The van der Waals surface area contributed by atoms with Gasteiger partial charge in [-0.2, -0.15) is 0 Å². The van der Waals surface area contributed by atoms with Crippen molar-refractivity contribution in [3.63, 3.8) is 0 Å². The maximum atomic E-state index is 2.53. The summed E-state index contributed by atoms with van der Waals surface area (Å²) < 4.78 is 0. The molecule has 2 N–H and O–H groups in total. The maximum absolute atomic E-state index is 2.53. The highest BCUT2D eigenvalue weighted by molar-refractivity contribution is 5.14. The van der Waals surface area contributed by atoms with Crippen LogP contribution >= 0.6 is 0 Å². The Balaban J connectivity index is 0.00000400. The Hall–Kier alpha value is -0.860. The molecule has 2 heteroatoms. The van der Waals surface area contributed by atoms with E-state index in [2.05, 4.69) is 49.1 Å². The number of unbranched alkanes of at least 4 members (excludes halogenated alkanes) is 6. The molecule has 0 saturated carbocycles. The Morgan fingerprint density at radius 2 is 1.24 bits per heavy atom. The highest BCUT2D eigenvalue weighted by atomic mass is 16.0. The Kier molecular flexibility index (Phi) is 13.5. The lowest BCUT2D eigenvalue weighted by atomic mass is 10.0. The summed E-state index contributed by atoms with van der Waals surface area (Å²) in [5.74, 6) is 0. The van der Waals surface area contributed by atoms with Crippen LogP contribution in [0.15, 0.2) is 30.3 Å². The number of nitrogens with zero attached hydrogens (tertiary/aromatic N) is 1. The van der Waals surface area contributed by atoms with Crippen LogP contribution in [0.5, 0.6) is 0 Å². The summed E-state index contributed by atoms with van der Waals surface area (Å²) in [6, 6.07) is 10.9. The first-order valence-corrected chi connectivity index (χ1v) is 8.63. The summed E-state index contributed by atoms with van der Waals surface area (Å²) >= 11 is 0. The minimum absolute atomic E-state index is 0. The van der Waals surface area contributed by atoms with E-state index in [0.717, 1.165) is 0 Å². The maximum Gasteiger partial charge on any atom is -0.00190 e. The second-order valence-electron chi connectivity index (χ2n) is 5.74. The average Bonchev–Trinajstić information content (AvgIpc) is 2.50. The minimum Gasteiger partial charge on any atom is -0.412 e. The van der Waals surface area contributed by atoms with Crippen LogP contribution in [0.4, 0.5) is 0 Å². The van der Waals surface area contributed by atoms with Gasteiger partial charge in [-0.1, -0.05) is 76.3 Å². The SMILES string of the molecule is CCN(CC)CCCCCCCCCc1ccccc1.O. The zero-order valence-electron chi connectivity index (χ0n) is 14.1. The molecule has 0 bridgehead atoms. The van der Waals surface area contributed by atoms with Gasteiger partial charge in [0.15, 0.2) is 0 Å². The predicted octanol–water partition coefficient (Wildman–Crippen LogP) is 4.48. The third-order valence-corrected chi connectivity index (χ3v) is 4.18. The van der Waals surface area contributed by atoms with Crippen molar-refractivity contribution in [1.29, 1.82) is 0 Å². The first kappa shape index (κ1) is 20.1. The van der Waals surface area contributed by atoms with E-state index in [9.17, 15) is 0 Å². The van der Waals surface area contributed by atoms with E-state index in [1.165, 1.54) is 76.6 Å². The van der Waals surface area contributed by atoms with E-state index in [1.807, 2.05) is 0 Å². The van der Waals surface area contributed by atoms with E-state index in [-0.39, 0.29) is 5.48 Å². The topological polar surface area (TPSA) is 34.7 Å². The highest BCUT2D eigenvalue weighted by Gasteiger charge is 1.98. The molecular weight excluding hydrogens is 258 g/mol. The lowest BCUT2D eigenvalue weighted by molar-refractivity contribution is 0.295. The number of rotatable bonds is 12. The molecule has 2 nitrogen and oxygen atoms in total. The zero-order valence-corrected chi connectivity index (χ0v) is 14.1. The Morgan fingerprint density at radius 1 is 0.714 bits per heavy atom. The number of benzene rings is 1. The molecule has 1 aromatic carbocycles. The summed E-state index contributed by atoms with van der Waals surface area (Å²) in [5, 5.41) is 0. The lowest BCUT2D eigenvalue weighted by Gasteiger charge is -2.17. The summed E-state index contributed by atoms with van der Waals surface area (Å²) in [6.45, 7) is 8.22. The molecule has 0 atom stereocenters. The van der Waals surface area contributed by atoms with Gasteiger partial charge < -0.3 is 10.4 Å². The van der Waals surface area contributed by atoms with Gasteiger partial charge in [0.1, 0.15) is 0 Å². The van der Waals surface area contributed by atoms with Gasteiger partial charge in [-0.25, -0.2) is 0 Å². The molecule has 0 aliphatic heterocycles. The van der Waals surface area contributed by atoms with Crippen molar-refractivity contribution in [3.8, 4) is 0 Å². The normalized spacial score (nSPS) is 10.6. The van der Waals surface area contributed by atoms with E-state index in [0.29, 0.717) is 0 Å². The Morgan fingerprint density at radius 3 is 1.81 bits per heavy atom. The molecule has 0 amide bonds. The molecule has 1 rings (SSSR count). The van der Waals surface area contributed by atoms with E-state index >= 15 is 0 Å². The van der Waals surface area contributed by atoms with Crippen molar-refractivity contribution in [2.75, 3.05) is 19.6 Å². The predicted molar refractivity (Wildman–Crippen MR) is 93.9 cm³/mol. The monoisotopic (exact) mass is 293 g/mol. The van der Waals surface area contributed by atoms with Gasteiger partial charge in [-0.3, -0.25) is 0 Å². The van der Waals surface area contributed by atoms with Crippen molar-refractivity contribution < 1.29 is 5.48 Å². The fraction of sp³-hybridized carbons (Fsp3) is 0.684. The van der Waals surface area contributed by atoms with Crippen LogP contribution in [-0.2, 0) is 6.42 Å². The molecule has 0 radical (unpaired) electrons. The Bertz CT molecular complexity index is 309. The van der Waals surface area contributed by atoms with Crippen LogP contribution in [-0.4, -0.2) is 30.0 Å². The van der Waals surface area contributed by atoms with Gasteiger partial charge in [0.2, 0.25) is 0 Å². The molecular formula is C19H35NO. The van der Waals surface area contributed by atoms with Crippen molar-refractivity contribution in [1.82, 2.24) is 4.90 Å². The molecule has 21 heavy (non-hydrogen) atoms. The largest absolute Gasteiger partial charge is 0.412 e. The number of hydrogen-bond donors (Lipinski definition) is 0. The molecule has 122 valence electrons. The molecule has 0 unspecified atom stereocenters. The van der Waals surface area contributed by atoms with Gasteiger partial charge in [0.05, 0.1) is 0 Å². The fourth-order valence-electron chi connectivity index (χ4n) is 2.73.